The number of hydrogen-bond acceptors (Lipinski definition) is 1. The Hall–Kier alpha value is 0.400. The van der Waals surface area contributed by atoms with Crippen LogP contribution in [0.3, 0.4) is 0 Å². The van der Waals surface area contributed by atoms with Crippen molar-refractivity contribution >= 4 is 30.3 Å². The minimum Gasteiger partial charge on any atom is -0.303 e. The molecule has 62 valence electrons. The summed E-state index contributed by atoms with van der Waals surface area (Å²) in [5.41, 5.74) is 0. The maximum atomic E-state index is 9.84. The van der Waals surface area contributed by atoms with E-state index < -0.39 is 0 Å². The number of carbonyl (C=O) groups is 1. The van der Waals surface area contributed by atoms with Gasteiger partial charge >= 0.3 is 0 Å². The Morgan fingerprint density at radius 1 is 1.10 bits per heavy atom. The molecule has 0 aliphatic heterocycles. The molecule has 0 radical (unpaired) electrons. The van der Waals surface area contributed by atoms with Crippen molar-refractivity contribution in [2.24, 2.45) is 0 Å². The zero-order chi connectivity index (χ0) is 6.95. The fourth-order valence-electron chi connectivity index (χ4n) is 0.831. The summed E-state index contributed by atoms with van der Waals surface area (Å²) in [5.74, 6) is 0. The van der Waals surface area contributed by atoms with E-state index in [2.05, 4.69) is 6.92 Å². The summed E-state index contributed by atoms with van der Waals surface area (Å²) >= 11 is 0. The third kappa shape index (κ3) is 11.2. The lowest BCUT2D eigenvalue weighted by Gasteiger charge is -1.93. The van der Waals surface area contributed by atoms with Crippen molar-refractivity contribution in [1.82, 2.24) is 0 Å². The number of rotatable bonds is 6. The van der Waals surface area contributed by atoms with Gasteiger partial charge in [0.1, 0.15) is 6.29 Å². The number of halogens is 1. The minimum atomic E-state index is 0. The van der Waals surface area contributed by atoms with E-state index in [0.29, 0.717) is 0 Å². The van der Waals surface area contributed by atoms with E-state index in [1.807, 2.05) is 0 Å². The van der Waals surface area contributed by atoms with E-state index in [1.54, 1.807) is 0 Å². The summed E-state index contributed by atoms with van der Waals surface area (Å²) in [6, 6.07) is 0. The Morgan fingerprint density at radius 3 is 2.20 bits per heavy atom. The van der Waals surface area contributed by atoms with Crippen molar-refractivity contribution in [3.63, 3.8) is 0 Å². The van der Waals surface area contributed by atoms with Gasteiger partial charge in [0.15, 0.2) is 0 Å². The highest BCUT2D eigenvalue weighted by Crippen LogP contribution is 2.02. The van der Waals surface area contributed by atoms with E-state index in [9.17, 15) is 4.79 Å². The van der Waals surface area contributed by atoms with Crippen LogP contribution in [0.1, 0.15) is 45.4 Å². The van der Waals surface area contributed by atoms with Crippen LogP contribution in [0.2, 0.25) is 0 Å². The van der Waals surface area contributed by atoms with Crippen molar-refractivity contribution in [3.8, 4) is 0 Å². The van der Waals surface area contributed by atoms with E-state index in [4.69, 9.17) is 0 Å². The lowest BCUT2D eigenvalue weighted by atomic mass is 10.1. The van der Waals surface area contributed by atoms with Gasteiger partial charge in [0.05, 0.1) is 0 Å². The Balaban J connectivity index is 0. The van der Waals surface area contributed by atoms with Crippen molar-refractivity contribution in [1.29, 1.82) is 0 Å². The topological polar surface area (TPSA) is 17.1 Å². The van der Waals surface area contributed by atoms with Crippen molar-refractivity contribution < 1.29 is 4.79 Å². The minimum absolute atomic E-state index is 0. The highest BCUT2D eigenvalue weighted by atomic mass is 127. The zero-order valence-corrected chi connectivity index (χ0v) is 8.97. The summed E-state index contributed by atoms with van der Waals surface area (Å²) in [7, 11) is 0. The Morgan fingerprint density at radius 2 is 1.70 bits per heavy atom. The molecule has 0 amide bonds. The van der Waals surface area contributed by atoms with E-state index in [0.717, 1.165) is 19.1 Å². The number of hydrogen-bond donors (Lipinski definition) is 0. The first-order valence-electron chi connectivity index (χ1n) is 3.85. The lowest BCUT2D eigenvalue weighted by Crippen LogP contribution is -1.78. The van der Waals surface area contributed by atoms with Gasteiger partial charge < -0.3 is 4.79 Å². The summed E-state index contributed by atoms with van der Waals surface area (Å²) < 4.78 is 0. The van der Waals surface area contributed by atoms with Gasteiger partial charge in [-0.15, -0.1) is 24.0 Å². The van der Waals surface area contributed by atoms with E-state index in [-0.39, 0.29) is 24.0 Å². The van der Waals surface area contributed by atoms with Gasteiger partial charge in [-0.2, -0.15) is 0 Å². The average Bonchev–Trinajstić information content (AvgIpc) is 1.89. The highest BCUT2D eigenvalue weighted by molar-refractivity contribution is 14.0. The van der Waals surface area contributed by atoms with Crippen molar-refractivity contribution in [2.45, 2.75) is 45.4 Å². The second-order valence-electron chi connectivity index (χ2n) is 2.37. The van der Waals surface area contributed by atoms with Gasteiger partial charge in [0, 0.05) is 6.42 Å². The van der Waals surface area contributed by atoms with Gasteiger partial charge in [-0.25, -0.2) is 0 Å². The molecule has 0 aromatic heterocycles. The number of carbonyl (C=O) groups excluding carboxylic acids is 1. The summed E-state index contributed by atoms with van der Waals surface area (Å²) in [6.07, 6.45) is 7.97. The predicted octanol–water partition coefficient (Wildman–Crippen LogP) is 3.16. The van der Waals surface area contributed by atoms with Crippen molar-refractivity contribution in [2.75, 3.05) is 0 Å². The maximum absolute atomic E-state index is 9.84. The first-order valence-corrected chi connectivity index (χ1v) is 3.85. The average molecular weight is 256 g/mol. The molecule has 0 bridgehead atoms. The molecule has 0 saturated carbocycles. The Kier molecular flexibility index (Phi) is 15.8. The van der Waals surface area contributed by atoms with E-state index in [1.165, 1.54) is 25.7 Å². The fourth-order valence-corrected chi connectivity index (χ4v) is 0.831. The van der Waals surface area contributed by atoms with Gasteiger partial charge in [-0.1, -0.05) is 32.6 Å². The fraction of sp³-hybridized carbons (Fsp3) is 0.875. The maximum Gasteiger partial charge on any atom is 0.119 e. The van der Waals surface area contributed by atoms with Gasteiger partial charge in [0.25, 0.3) is 0 Å². The van der Waals surface area contributed by atoms with Crippen LogP contribution in [0.15, 0.2) is 0 Å². The molecule has 0 unspecified atom stereocenters. The van der Waals surface area contributed by atoms with Crippen LogP contribution in [0.5, 0.6) is 0 Å². The highest BCUT2D eigenvalue weighted by Gasteiger charge is 1.85. The molecule has 0 atom stereocenters. The molecule has 0 aliphatic carbocycles. The summed E-state index contributed by atoms with van der Waals surface area (Å²) in [6.45, 7) is 2.19. The normalized spacial score (nSPS) is 8.50. The third-order valence-corrected chi connectivity index (χ3v) is 1.43. The van der Waals surface area contributed by atoms with Crippen LogP contribution in [-0.2, 0) is 4.79 Å². The summed E-state index contributed by atoms with van der Waals surface area (Å²) in [4.78, 5) is 9.84. The number of aldehydes is 1. The molecule has 10 heavy (non-hydrogen) atoms. The lowest BCUT2D eigenvalue weighted by molar-refractivity contribution is -0.107. The van der Waals surface area contributed by atoms with Crippen molar-refractivity contribution in [3.05, 3.63) is 0 Å². The van der Waals surface area contributed by atoms with Gasteiger partial charge in [-0.05, 0) is 6.42 Å². The molecular formula is C8H17IO. The smallest absolute Gasteiger partial charge is 0.119 e. The molecule has 0 fully saturated rings. The second-order valence-corrected chi connectivity index (χ2v) is 2.37. The molecule has 1 nitrogen and oxygen atoms in total. The molecule has 0 saturated heterocycles. The first-order chi connectivity index (χ1) is 4.41. The predicted molar refractivity (Wildman–Crippen MR) is 54.9 cm³/mol. The van der Waals surface area contributed by atoms with E-state index >= 15 is 0 Å². The standard InChI is InChI=1S/C8H16O.HI/c1-2-3-4-5-6-7-8-9;/h8H,2-7H2,1H3;1H. The van der Waals surface area contributed by atoms with Gasteiger partial charge in [0.2, 0.25) is 0 Å². The molecule has 0 N–H and O–H groups in total. The largest absolute Gasteiger partial charge is 0.303 e. The molecular weight excluding hydrogens is 239 g/mol. The Labute approximate surface area is 80.6 Å². The molecule has 0 aromatic rings. The third-order valence-electron chi connectivity index (χ3n) is 1.43. The Bertz CT molecular complexity index is 64.3. The van der Waals surface area contributed by atoms with Crippen LogP contribution >= 0.6 is 24.0 Å². The SMILES string of the molecule is CCCCCCCC=O.I. The first kappa shape index (κ1) is 13.0. The molecule has 0 heterocycles. The molecule has 0 spiro atoms. The summed E-state index contributed by atoms with van der Waals surface area (Å²) in [5, 5.41) is 0. The zero-order valence-electron chi connectivity index (χ0n) is 6.64. The van der Waals surface area contributed by atoms with Crippen LogP contribution in [0.25, 0.3) is 0 Å². The molecule has 0 aliphatic rings. The molecule has 2 heteroatoms. The molecule has 0 aromatic carbocycles. The molecule has 0 rings (SSSR count). The van der Waals surface area contributed by atoms with Gasteiger partial charge in [-0.3, -0.25) is 0 Å². The van der Waals surface area contributed by atoms with Crippen LogP contribution < -0.4 is 0 Å². The number of unbranched alkanes of at least 4 members (excludes halogenated alkanes) is 5. The van der Waals surface area contributed by atoms with Crippen LogP contribution in [0, 0.1) is 0 Å². The van der Waals surface area contributed by atoms with Crippen LogP contribution in [0.4, 0.5) is 0 Å². The van der Waals surface area contributed by atoms with Crippen LogP contribution in [-0.4, -0.2) is 6.29 Å². The quantitative estimate of drug-likeness (QED) is 0.405. The monoisotopic (exact) mass is 256 g/mol. The second kappa shape index (κ2) is 12.1.